The Balaban J connectivity index is 2.28. The van der Waals surface area contributed by atoms with Crippen molar-refractivity contribution in [1.82, 2.24) is 0 Å². The van der Waals surface area contributed by atoms with Crippen LogP contribution in [0.25, 0.3) is 0 Å². The van der Waals surface area contributed by atoms with E-state index in [2.05, 4.69) is 5.32 Å². The molecule has 0 unspecified atom stereocenters. The molecule has 0 bridgehead atoms. The molecule has 10 heteroatoms. The Labute approximate surface area is 162 Å². The second kappa shape index (κ2) is 8.61. The van der Waals surface area contributed by atoms with E-state index in [-0.39, 0.29) is 34.3 Å². The number of hydrogen-bond donors (Lipinski definition) is 2. The highest BCUT2D eigenvalue weighted by atomic mass is 32.2. The van der Waals surface area contributed by atoms with Gasteiger partial charge in [0, 0.05) is 17.5 Å². The highest BCUT2D eigenvalue weighted by Crippen LogP contribution is 2.38. The molecular formula is C18H20N2O7S. The summed E-state index contributed by atoms with van der Waals surface area (Å²) in [5.41, 5.74) is 5.69. The van der Waals surface area contributed by atoms with Crippen molar-refractivity contribution in [3.05, 3.63) is 42.0 Å². The number of hydrogen-bond acceptors (Lipinski definition) is 7. The zero-order valence-corrected chi connectivity index (χ0v) is 16.3. The molecule has 0 aliphatic carbocycles. The molecule has 0 aromatic heterocycles. The fourth-order valence-corrected chi connectivity index (χ4v) is 2.92. The number of carbonyl (C=O) groups is 2. The Morgan fingerprint density at radius 2 is 1.57 bits per heavy atom. The molecule has 2 aromatic carbocycles. The summed E-state index contributed by atoms with van der Waals surface area (Å²) in [6.45, 7) is -0.384. The molecular weight excluding hydrogens is 388 g/mol. The number of primary amides is 1. The number of sulfone groups is 1. The van der Waals surface area contributed by atoms with Gasteiger partial charge in [0.15, 0.2) is 27.9 Å². The van der Waals surface area contributed by atoms with Crippen molar-refractivity contribution in [3.63, 3.8) is 0 Å². The molecule has 150 valence electrons. The monoisotopic (exact) mass is 408 g/mol. The second-order valence-corrected chi connectivity index (χ2v) is 7.73. The molecule has 2 rings (SSSR count). The number of nitrogens with two attached hydrogens (primary N) is 1. The van der Waals surface area contributed by atoms with Gasteiger partial charge in [-0.05, 0) is 36.4 Å². The van der Waals surface area contributed by atoms with Crippen LogP contribution in [0.2, 0.25) is 0 Å². The SMILES string of the molecule is COc1cc(C(=O)Nc2ccc(S(C)(=O)=O)cc2)cc(OC)c1OCC(N)=O. The summed E-state index contributed by atoms with van der Waals surface area (Å²) >= 11 is 0. The normalized spacial score (nSPS) is 10.8. The maximum absolute atomic E-state index is 12.6. The first-order valence-electron chi connectivity index (χ1n) is 7.94. The molecule has 28 heavy (non-hydrogen) atoms. The third-order valence-electron chi connectivity index (χ3n) is 3.62. The molecule has 0 saturated carbocycles. The Hall–Kier alpha value is -3.27. The van der Waals surface area contributed by atoms with E-state index >= 15 is 0 Å². The van der Waals surface area contributed by atoms with Crippen molar-refractivity contribution >= 4 is 27.3 Å². The number of benzene rings is 2. The van der Waals surface area contributed by atoms with Crippen LogP contribution in [0.3, 0.4) is 0 Å². The summed E-state index contributed by atoms with van der Waals surface area (Å²) in [7, 11) is -0.582. The highest BCUT2D eigenvalue weighted by molar-refractivity contribution is 7.90. The minimum absolute atomic E-state index is 0.137. The molecule has 0 aliphatic heterocycles. The summed E-state index contributed by atoms with van der Waals surface area (Å²) in [6, 6.07) is 8.58. The quantitative estimate of drug-likeness (QED) is 0.671. The van der Waals surface area contributed by atoms with E-state index in [0.29, 0.717) is 5.69 Å². The Bertz CT molecular complexity index is 960. The van der Waals surface area contributed by atoms with E-state index in [1.807, 2.05) is 0 Å². The molecule has 0 fully saturated rings. The number of anilines is 1. The molecule has 0 aliphatic rings. The summed E-state index contributed by atoms with van der Waals surface area (Å²) in [6.07, 6.45) is 1.10. The van der Waals surface area contributed by atoms with Gasteiger partial charge >= 0.3 is 0 Å². The van der Waals surface area contributed by atoms with Crippen molar-refractivity contribution in [3.8, 4) is 17.2 Å². The first-order valence-corrected chi connectivity index (χ1v) is 9.83. The molecule has 0 atom stereocenters. The lowest BCUT2D eigenvalue weighted by atomic mass is 10.1. The van der Waals surface area contributed by atoms with Crippen molar-refractivity contribution in [2.45, 2.75) is 4.90 Å². The topological polar surface area (TPSA) is 134 Å². The van der Waals surface area contributed by atoms with Gasteiger partial charge in [-0.1, -0.05) is 0 Å². The van der Waals surface area contributed by atoms with Crippen LogP contribution in [0, 0.1) is 0 Å². The molecule has 0 spiro atoms. The standard InChI is InChI=1S/C18H20N2O7S/c1-25-14-8-11(9-15(26-2)17(14)27-10-16(19)21)18(22)20-12-4-6-13(7-5-12)28(3,23)24/h4-9H,10H2,1-3H3,(H2,19,21)(H,20,22). The van der Waals surface area contributed by atoms with E-state index in [1.165, 1.54) is 50.6 Å². The van der Waals surface area contributed by atoms with E-state index in [0.717, 1.165) is 6.26 Å². The van der Waals surface area contributed by atoms with Gasteiger partial charge in [-0.15, -0.1) is 0 Å². The molecule has 2 aromatic rings. The predicted octanol–water partition coefficient (Wildman–Crippen LogP) is 1.22. The molecule has 0 heterocycles. The van der Waals surface area contributed by atoms with E-state index in [1.54, 1.807) is 0 Å². The average Bonchev–Trinajstić information content (AvgIpc) is 2.65. The summed E-state index contributed by atoms with van der Waals surface area (Å²) in [4.78, 5) is 23.6. The number of ether oxygens (including phenoxy) is 3. The predicted molar refractivity (Wildman–Crippen MR) is 102 cm³/mol. The zero-order chi connectivity index (χ0) is 20.9. The number of methoxy groups -OCH3 is 2. The summed E-state index contributed by atoms with van der Waals surface area (Å²) in [5.74, 6) is -0.664. The van der Waals surface area contributed by atoms with Gasteiger partial charge in [0.2, 0.25) is 5.75 Å². The van der Waals surface area contributed by atoms with Gasteiger partial charge in [0.25, 0.3) is 11.8 Å². The highest BCUT2D eigenvalue weighted by Gasteiger charge is 2.18. The molecule has 9 nitrogen and oxygen atoms in total. The number of rotatable bonds is 8. The van der Waals surface area contributed by atoms with Crippen molar-refractivity contribution < 1.29 is 32.2 Å². The van der Waals surface area contributed by atoms with Gasteiger partial charge < -0.3 is 25.3 Å². The molecule has 3 N–H and O–H groups in total. The minimum Gasteiger partial charge on any atom is -0.493 e. The number of carbonyl (C=O) groups excluding carboxylic acids is 2. The van der Waals surface area contributed by atoms with Crippen LogP contribution in [0.1, 0.15) is 10.4 Å². The van der Waals surface area contributed by atoms with Crippen LogP contribution in [-0.4, -0.2) is 47.3 Å². The molecule has 0 radical (unpaired) electrons. The first kappa shape index (κ1) is 21.0. The van der Waals surface area contributed by atoms with Crippen LogP contribution in [0.5, 0.6) is 17.2 Å². The van der Waals surface area contributed by atoms with Crippen molar-refractivity contribution in [1.29, 1.82) is 0 Å². The van der Waals surface area contributed by atoms with Gasteiger partial charge in [-0.25, -0.2) is 8.42 Å². The van der Waals surface area contributed by atoms with Gasteiger partial charge in [0.1, 0.15) is 0 Å². The van der Waals surface area contributed by atoms with Crippen molar-refractivity contribution in [2.75, 3.05) is 32.4 Å². The summed E-state index contributed by atoms with van der Waals surface area (Å²) in [5, 5.41) is 2.65. The Morgan fingerprint density at radius 1 is 1.04 bits per heavy atom. The zero-order valence-electron chi connectivity index (χ0n) is 15.5. The molecule has 0 saturated heterocycles. The maximum Gasteiger partial charge on any atom is 0.255 e. The second-order valence-electron chi connectivity index (χ2n) is 5.72. The van der Waals surface area contributed by atoms with Crippen LogP contribution in [0.15, 0.2) is 41.3 Å². The van der Waals surface area contributed by atoms with Gasteiger partial charge in [-0.3, -0.25) is 9.59 Å². The number of nitrogens with one attached hydrogen (secondary N) is 1. The van der Waals surface area contributed by atoms with E-state index < -0.39 is 21.7 Å². The van der Waals surface area contributed by atoms with Crippen LogP contribution in [-0.2, 0) is 14.6 Å². The van der Waals surface area contributed by atoms with E-state index in [9.17, 15) is 18.0 Å². The molecule has 2 amide bonds. The average molecular weight is 408 g/mol. The van der Waals surface area contributed by atoms with Crippen LogP contribution < -0.4 is 25.3 Å². The number of amides is 2. The minimum atomic E-state index is -3.33. The lowest BCUT2D eigenvalue weighted by molar-refractivity contribution is -0.120. The Kier molecular flexibility index (Phi) is 6.47. The fraction of sp³-hybridized carbons (Fsp3) is 0.222. The van der Waals surface area contributed by atoms with Crippen molar-refractivity contribution in [2.24, 2.45) is 5.73 Å². The lowest BCUT2D eigenvalue weighted by Gasteiger charge is -2.15. The van der Waals surface area contributed by atoms with Gasteiger partial charge in [0.05, 0.1) is 19.1 Å². The van der Waals surface area contributed by atoms with Crippen LogP contribution in [0.4, 0.5) is 5.69 Å². The maximum atomic E-state index is 12.6. The summed E-state index contributed by atoms with van der Waals surface area (Å²) < 4.78 is 38.7. The fourth-order valence-electron chi connectivity index (χ4n) is 2.29. The lowest BCUT2D eigenvalue weighted by Crippen LogP contribution is -2.20. The van der Waals surface area contributed by atoms with E-state index in [4.69, 9.17) is 19.9 Å². The third-order valence-corrected chi connectivity index (χ3v) is 4.75. The smallest absolute Gasteiger partial charge is 0.255 e. The third kappa shape index (κ3) is 5.13. The largest absolute Gasteiger partial charge is 0.493 e. The first-order chi connectivity index (χ1) is 13.2. The Morgan fingerprint density at radius 3 is 2.00 bits per heavy atom. The van der Waals surface area contributed by atoms with Gasteiger partial charge in [-0.2, -0.15) is 0 Å². The van der Waals surface area contributed by atoms with Crippen LogP contribution >= 0.6 is 0 Å².